The minimum Gasteiger partial charge on any atom is -0.381 e. The van der Waals surface area contributed by atoms with Gasteiger partial charge in [0, 0.05) is 13.2 Å². The summed E-state index contributed by atoms with van der Waals surface area (Å²) in [6.45, 7) is 6.72. The summed E-state index contributed by atoms with van der Waals surface area (Å²) in [5, 5.41) is 3.61. The van der Waals surface area contributed by atoms with Crippen LogP contribution in [-0.4, -0.2) is 26.3 Å². The van der Waals surface area contributed by atoms with E-state index in [4.69, 9.17) is 4.74 Å². The monoisotopic (exact) mass is 225 g/mol. The third-order valence-corrected chi connectivity index (χ3v) is 4.42. The Hall–Kier alpha value is -0.0800. The first kappa shape index (κ1) is 12.4. The fraction of sp³-hybridized carbons (Fsp3) is 1.00. The molecule has 1 aliphatic carbocycles. The average molecular weight is 225 g/mol. The lowest BCUT2D eigenvalue weighted by molar-refractivity contribution is 0.0390. The van der Waals surface area contributed by atoms with Crippen LogP contribution in [0.1, 0.15) is 45.4 Å². The first-order valence-corrected chi connectivity index (χ1v) is 7.20. The SMILES string of the molecule is CCCNCC1CCCC1C1CCOCC1. The zero-order valence-corrected chi connectivity index (χ0v) is 10.7. The first-order chi connectivity index (χ1) is 7.92. The maximum Gasteiger partial charge on any atom is 0.0468 e. The molecule has 2 fully saturated rings. The Labute approximate surface area is 100 Å². The second-order valence-electron chi connectivity index (χ2n) is 5.51. The molecule has 0 radical (unpaired) electrons. The molecule has 0 aromatic heterocycles. The molecule has 2 aliphatic rings. The van der Waals surface area contributed by atoms with Crippen LogP contribution in [0.3, 0.4) is 0 Å². The molecule has 0 spiro atoms. The van der Waals surface area contributed by atoms with Crippen LogP contribution in [0.25, 0.3) is 0 Å². The highest BCUT2D eigenvalue weighted by Crippen LogP contribution is 2.40. The zero-order valence-electron chi connectivity index (χ0n) is 10.7. The highest BCUT2D eigenvalue weighted by Gasteiger charge is 2.33. The van der Waals surface area contributed by atoms with Crippen molar-refractivity contribution in [1.29, 1.82) is 0 Å². The summed E-state index contributed by atoms with van der Waals surface area (Å²) in [5.41, 5.74) is 0. The average Bonchev–Trinajstić information content (AvgIpc) is 2.79. The van der Waals surface area contributed by atoms with E-state index < -0.39 is 0 Å². The van der Waals surface area contributed by atoms with Gasteiger partial charge in [0.15, 0.2) is 0 Å². The molecular formula is C14H27NO. The summed E-state index contributed by atoms with van der Waals surface area (Å²) in [5.74, 6) is 2.91. The standard InChI is InChI=1S/C14H27NO/c1-2-8-15-11-13-4-3-5-14(13)12-6-9-16-10-7-12/h12-15H,2-11H2,1H3. The highest BCUT2D eigenvalue weighted by molar-refractivity contribution is 4.85. The quantitative estimate of drug-likeness (QED) is 0.726. The molecule has 2 rings (SSSR count). The van der Waals surface area contributed by atoms with E-state index in [9.17, 15) is 0 Å². The van der Waals surface area contributed by atoms with Gasteiger partial charge in [-0.15, -0.1) is 0 Å². The highest BCUT2D eigenvalue weighted by atomic mass is 16.5. The maximum absolute atomic E-state index is 5.48. The van der Waals surface area contributed by atoms with Gasteiger partial charge in [-0.2, -0.15) is 0 Å². The fourth-order valence-corrected chi connectivity index (χ4v) is 3.55. The summed E-state index contributed by atoms with van der Waals surface area (Å²) in [6, 6.07) is 0. The molecule has 1 saturated heterocycles. The van der Waals surface area contributed by atoms with E-state index in [1.807, 2.05) is 0 Å². The van der Waals surface area contributed by atoms with Crippen LogP contribution in [0.2, 0.25) is 0 Å². The van der Waals surface area contributed by atoms with E-state index in [-0.39, 0.29) is 0 Å². The van der Waals surface area contributed by atoms with Gasteiger partial charge in [0.2, 0.25) is 0 Å². The Morgan fingerprint density at radius 2 is 1.94 bits per heavy atom. The number of nitrogens with one attached hydrogen (secondary N) is 1. The molecule has 0 aromatic rings. The van der Waals surface area contributed by atoms with Crippen LogP contribution in [-0.2, 0) is 4.74 Å². The minimum atomic E-state index is 0.953. The van der Waals surface area contributed by atoms with Crippen LogP contribution < -0.4 is 5.32 Å². The van der Waals surface area contributed by atoms with Gasteiger partial charge in [-0.25, -0.2) is 0 Å². The number of hydrogen-bond donors (Lipinski definition) is 1. The molecule has 1 heterocycles. The Morgan fingerprint density at radius 1 is 1.12 bits per heavy atom. The molecule has 16 heavy (non-hydrogen) atoms. The Morgan fingerprint density at radius 3 is 2.69 bits per heavy atom. The van der Waals surface area contributed by atoms with Gasteiger partial charge < -0.3 is 10.1 Å². The molecule has 2 atom stereocenters. The third-order valence-electron chi connectivity index (χ3n) is 4.42. The second kappa shape index (κ2) is 6.61. The molecular weight excluding hydrogens is 198 g/mol. The molecule has 2 unspecified atom stereocenters. The molecule has 94 valence electrons. The maximum atomic E-state index is 5.48. The summed E-state index contributed by atoms with van der Waals surface area (Å²) < 4.78 is 5.48. The Kier molecular flexibility index (Phi) is 5.11. The van der Waals surface area contributed by atoms with Crippen molar-refractivity contribution in [3.8, 4) is 0 Å². The van der Waals surface area contributed by atoms with Gasteiger partial charge in [-0.3, -0.25) is 0 Å². The van der Waals surface area contributed by atoms with Crippen molar-refractivity contribution in [3.05, 3.63) is 0 Å². The minimum absolute atomic E-state index is 0.953. The first-order valence-electron chi connectivity index (χ1n) is 7.20. The predicted molar refractivity (Wildman–Crippen MR) is 67.5 cm³/mol. The van der Waals surface area contributed by atoms with Crippen LogP contribution in [0.15, 0.2) is 0 Å². The van der Waals surface area contributed by atoms with Gasteiger partial charge in [0.05, 0.1) is 0 Å². The van der Waals surface area contributed by atoms with Gasteiger partial charge >= 0.3 is 0 Å². The molecule has 1 N–H and O–H groups in total. The van der Waals surface area contributed by atoms with Crippen molar-refractivity contribution in [2.75, 3.05) is 26.3 Å². The molecule has 0 aromatic carbocycles. The van der Waals surface area contributed by atoms with Crippen LogP contribution in [0, 0.1) is 17.8 Å². The van der Waals surface area contributed by atoms with Crippen molar-refractivity contribution in [2.45, 2.75) is 45.4 Å². The van der Waals surface area contributed by atoms with Gasteiger partial charge in [-0.05, 0) is 62.9 Å². The summed E-state index contributed by atoms with van der Waals surface area (Å²) in [4.78, 5) is 0. The number of rotatable bonds is 5. The van der Waals surface area contributed by atoms with E-state index in [0.29, 0.717) is 0 Å². The normalized spacial score (nSPS) is 32.1. The number of ether oxygens (including phenoxy) is 1. The lowest BCUT2D eigenvalue weighted by atomic mass is 9.79. The van der Waals surface area contributed by atoms with Crippen molar-refractivity contribution < 1.29 is 4.74 Å². The molecule has 1 saturated carbocycles. The van der Waals surface area contributed by atoms with Gasteiger partial charge in [-0.1, -0.05) is 13.3 Å². The lowest BCUT2D eigenvalue weighted by Gasteiger charge is -2.31. The summed E-state index contributed by atoms with van der Waals surface area (Å²) >= 11 is 0. The smallest absolute Gasteiger partial charge is 0.0468 e. The molecule has 2 nitrogen and oxygen atoms in total. The van der Waals surface area contributed by atoms with E-state index in [0.717, 1.165) is 31.0 Å². The Balaban J connectivity index is 1.77. The zero-order chi connectivity index (χ0) is 11.2. The largest absolute Gasteiger partial charge is 0.381 e. The predicted octanol–water partition coefficient (Wildman–Crippen LogP) is 2.83. The van der Waals surface area contributed by atoms with E-state index in [2.05, 4.69) is 12.2 Å². The van der Waals surface area contributed by atoms with E-state index in [1.165, 1.54) is 51.6 Å². The summed E-state index contributed by atoms with van der Waals surface area (Å²) in [6.07, 6.45) is 8.28. The molecule has 0 amide bonds. The topological polar surface area (TPSA) is 21.3 Å². The lowest BCUT2D eigenvalue weighted by Crippen LogP contribution is -2.31. The van der Waals surface area contributed by atoms with Crippen molar-refractivity contribution in [3.63, 3.8) is 0 Å². The fourth-order valence-electron chi connectivity index (χ4n) is 3.55. The van der Waals surface area contributed by atoms with Crippen LogP contribution >= 0.6 is 0 Å². The Bertz CT molecular complexity index is 189. The summed E-state index contributed by atoms with van der Waals surface area (Å²) in [7, 11) is 0. The van der Waals surface area contributed by atoms with Gasteiger partial charge in [0.25, 0.3) is 0 Å². The van der Waals surface area contributed by atoms with Crippen LogP contribution in [0.5, 0.6) is 0 Å². The van der Waals surface area contributed by atoms with Crippen molar-refractivity contribution in [1.82, 2.24) is 5.32 Å². The van der Waals surface area contributed by atoms with Crippen molar-refractivity contribution in [2.24, 2.45) is 17.8 Å². The van der Waals surface area contributed by atoms with Crippen LogP contribution in [0.4, 0.5) is 0 Å². The van der Waals surface area contributed by atoms with Crippen molar-refractivity contribution >= 4 is 0 Å². The molecule has 0 bridgehead atoms. The molecule has 1 aliphatic heterocycles. The molecule has 2 heteroatoms. The third kappa shape index (κ3) is 3.21. The number of hydrogen-bond acceptors (Lipinski definition) is 2. The van der Waals surface area contributed by atoms with E-state index in [1.54, 1.807) is 0 Å². The van der Waals surface area contributed by atoms with E-state index >= 15 is 0 Å². The second-order valence-corrected chi connectivity index (χ2v) is 5.51. The van der Waals surface area contributed by atoms with Gasteiger partial charge in [0.1, 0.15) is 0 Å².